The second-order valence-electron chi connectivity index (χ2n) is 4.12. The predicted octanol–water partition coefficient (Wildman–Crippen LogP) is 2.70. The number of aryl methyl sites for hydroxylation is 2. The normalized spacial score (nSPS) is 10.6. The molecule has 2 aromatic heterocycles. The van der Waals surface area contributed by atoms with Crippen LogP contribution in [0.1, 0.15) is 24.6 Å². The molecule has 2 aromatic rings. The van der Waals surface area contributed by atoms with Crippen LogP contribution >= 0.6 is 22.6 Å². The molecule has 0 aromatic carbocycles. The predicted molar refractivity (Wildman–Crippen MR) is 79.5 cm³/mol. The molecule has 4 nitrogen and oxygen atoms in total. The van der Waals surface area contributed by atoms with E-state index in [1.165, 1.54) is 0 Å². The van der Waals surface area contributed by atoms with E-state index in [2.05, 4.69) is 44.5 Å². The Morgan fingerprint density at radius 3 is 2.89 bits per heavy atom. The highest BCUT2D eigenvalue weighted by Gasteiger charge is 2.10. The van der Waals surface area contributed by atoms with E-state index in [-0.39, 0.29) is 5.56 Å². The van der Waals surface area contributed by atoms with E-state index < -0.39 is 0 Å². The highest BCUT2D eigenvalue weighted by atomic mass is 127. The minimum absolute atomic E-state index is 0.0692. The first-order chi connectivity index (χ1) is 8.63. The lowest BCUT2D eigenvalue weighted by Crippen LogP contribution is -2.16. The first-order valence-electron chi connectivity index (χ1n) is 5.83. The SMILES string of the molecule is CCCc1nc(-c2ccncc2C)[nH]c(=O)c1I. The molecule has 94 valence electrons. The number of aromatic nitrogens is 3. The van der Waals surface area contributed by atoms with Gasteiger partial charge in [-0.15, -0.1) is 0 Å². The molecular weight excluding hydrogens is 341 g/mol. The summed E-state index contributed by atoms with van der Waals surface area (Å²) in [6.07, 6.45) is 5.27. The van der Waals surface area contributed by atoms with E-state index in [1.54, 1.807) is 12.4 Å². The highest BCUT2D eigenvalue weighted by molar-refractivity contribution is 14.1. The van der Waals surface area contributed by atoms with Crippen molar-refractivity contribution in [1.82, 2.24) is 15.0 Å². The molecule has 0 amide bonds. The zero-order chi connectivity index (χ0) is 13.1. The van der Waals surface area contributed by atoms with Crippen molar-refractivity contribution in [2.45, 2.75) is 26.7 Å². The summed E-state index contributed by atoms with van der Waals surface area (Å²) in [5.41, 5.74) is 2.73. The largest absolute Gasteiger partial charge is 0.306 e. The van der Waals surface area contributed by atoms with Gasteiger partial charge in [0.2, 0.25) is 0 Å². The van der Waals surface area contributed by atoms with Crippen LogP contribution in [0.5, 0.6) is 0 Å². The van der Waals surface area contributed by atoms with E-state index in [0.29, 0.717) is 9.39 Å². The van der Waals surface area contributed by atoms with Crippen molar-refractivity contribution >= 4 is 22.6 Å². The molecule has 0 atom stereocenters. The number of halogens is 1. The molecule has 0 aliphatic heterocycles. The summed E-state index contributed by atoms with van der Waals surface area (Å²) in [5, 5.41) is 0. The number of hydrogen-bond acceptors (Lipinski definition) is 3. The molecule has 2 rings (SSSR count). The second kappa shape index (κ2) is 5.60. The molecule has 0 spiro atoms. The van der Waals surface area contributed by atoms with Crippen molar-refractivity contribution in [1.29, 1.82) is 0 Å². The van der Waals surface area contributed by atoms with Gasteiger partial charge in [-0.25, -0.2) is 4.98 Å². The third kappa shape index (κ3) is 2.60. The molecule has 0 aliphatic rings. The Bertz CT molecular complexity index is 622. The molecule has 0 radical (unpaired) electrons. The van der Waals surface area contributed by atoms with E-state index in [4.69, 9.17) is 0 Å². The Morgan fingerprint density at radius 2 is 2.22 bits per heavy atom. The molecule has 0 saturated heterocycles. The van der Waals surface area contributed by atoms with Crippen molar-refractivity contribution in [3.8, 4) is 11.4 Å². The fourth-order valence-corrected chi connectivity index (χ4v) is 2.30. The summed E-state index contributed by atoms with van der Waals surface area (Å²) in [6.45, 7) is 4.04. The number of nitrogens with one attached hydrogen (secondary N) is 1. The Hall–Kier alpha value is -1.24. The maximum absolute atomic E-state index is 11.9. The summed E-state index contributed by atoms with van der Waals surface area (Å²) in [7, 11) is 0. The van der Waals surface area contributed by atoms with E-state index in [1.807, 2.05) is 13.0 Å². The maximum Gasteiger partial charge on any atom is 0.264 e. The van der Waals surface area contributed by atoms with Crippen LogP contribution in [0.2, 0.25) is 0 Å². The Morgan fingerprint density at radius 1 is 1.44 bits per heavy atom. The summed E-state index contributed by atoms with van der Waals surface area (Å²) < 4.78 is 0.685. The first-order valence-corrected chi connectivity index (χ1v) is 6.91. The van der Waals surface area contributed by atoms with Gasteiger partial charge in [0.15, 0.2) is 0 Å². The molecule has 18 heavy (non-hydrogen) atoms. The van der Waals surface area contributed by atoms with Crippen molar-refractivity contribution in [2.24, 2.45) is 0 Å². The molecule has 0 bridgehead atoms. The topological polar surface area (TPSA) is 58.6 Å². The number of aromatic amines is 1. The van der Waals surface area contributed by atoms with E-state index in [0.717, 1.165) is 29.7 Å². The van der Waals surface area contributed by atoms with Crippen LogP contribution in [0, 0.1) is 10.5 Å². The van der Waals surface area contributed by atoms with Crippen molar-refractivity contribution in [3.63, 3.8) is 0 Å². The third-order valence-corrected chi connectivity index (χ3v) is 3.81. The Balaban J connectivity index is 2.59. The quantitative estimate of drug-likeness (QED) is 0.862. The molecule has 0 aliphatic carbocycles. The van der Waals surface area contributed by atoms with Crippen LogP contribution in [0.4, 0.5) is 0 Å². The average molecular weight is 355 g/mol. The van der Waals surface area contributed by atoms with Crippen LogP contribution < -0.4 is 5.56 Å². The number of nitrogens with zero attached hydrogens (tertiary/aromatic N) is 2. The second-order valence-corrected chi connectivity index (χ2v) is 5.19. The Labute approximate surface area is 119 Å². The van der Waals surface area contributed by atoms with Gasteiger partial charge in [0, 0.05) is 18.0 Å². The molecule has 5 heteroatoms. The smallest absolute Gasteiger partial charge is 0.264 e. The van der Waals surface area contributed by atoms with Gasteiger partial charge in [-0.2, -0.15) is 0 Å². The summed E-state index contributed by atoms with van der Waals surface area (Å²) in [6, 6.07) is 1.87. The minimum Gasteiger partial charge on any atom is -0.306 e. The van der Waals surface area contributed by atoms with Crippen molar-refractivity contribution in [3.05, 3.63) is 43.6 Å². The van der Waals surface area contributed by atoms with Gasteiger partial charge in [0.05, 0.1) is 9.26 Å². The average Bonchev–Trinajstić information content (AvgIpc) is 2.35. The van der Waals surface area contributed by atoms with Crippen LogP contribution in [-0.4, -0.2) is 15.0 Å². The lowest BCUT2D eigenvalue weighted by Gasteiger charge is -2.07. The van der Waals surface area contributed by atoms with Gasteiger partial charge < -0.3 is 4.98 Å². The van der Waals surface area contributed by atoms with Gasteiger partial charge in [0.25, 0.3) is 5.56 Å². The lowest BCUT2D eigenvalue weighted by atomic mass is 10.1. The number of hydrogen-bond donors (Lipinski definition) is 1. The third-order valence-electron chi connectivity index (χ3n) is 2.69. The zero-order valence-electron chi connectivity index (χ0n) is 10.3. The minimum atomic E-state index is -0.0692. The van der Waals surface area contributed by atoms with Crippen LogP contribution in [0.25, 0.3) is 11.4 Å². The Kier molecular flexibility index (Phi) is 4.11. The van der Waals surface area contributed by atoms with Gasteiger partial charge in [0.1, 0.15) is 5.82 Å². The summed E-state index contributed by atoms with van der Waals surface area (Å²) in [5.74, 6) is 0.628. The monoisotopic (exact) mass is 355 g/mol. The van der Waals surface area contributed by atoms with Crippen molar-refractivity contribution < 1.29 is 0 Å². The standard InChI is InChI=1S/C13H14IN3O/c1-3-4-10-11(14)13(18)17-12(16-10)9-5-6-15-7-8(9)2/h5-7H,3-4H2,1-2H3,(H,16,17,18). The van der Waals surface area contributed by atoms with Gasteiger partial charge >= 0.3 is 0 Å². The van der Waals surface area contributed by atoms with Gasteiger partial charge in [-0.1, -0.05) is 13.3 Å². The van der Waals surface area contributed by atoms with Gasteiger partial charge in [-0.3, -0.25) is 9.78 Å². The van der Waals surface area contributed by atoms with Gasteiger partial charge in [-0.05, 0) is 47.6 Å². The fourth-order valence-electron chi connectivity index (χ4n) is 1.77. The molecule has 1 N–H and O–H groups in total. The molecule has 0 saturated carbocycles. The molecule has 0 fully saturated rings. The number of pyridine rings is 1. The van der Waals surface area contributed by atoms with Crippen LogP contribution in [0.3, 0.4) is 0 Å². The maximum atomic E-state index is 11.9. The fraction of sp³-hybridized carbons (Fsp3) is 0.308. The molecule has 0 unspecified atom stereocenters. The summed E-state index contributed by atoms with van der Waals surface area (Å²) >= 11 is 2.05. The zero-order valence-corrected chi connectivity index (χ0v) is 12.5. The first kappa shape index (κ1) is 13.2. The van der Waals surface area contributed by atoms with Crippen molar-refractivity contribution in [2.75, 3.05) is 0 Å². The number of rotatable bonds is 3. The highest BCUT2D eigenvalue weighted by Crippen LogP contribution is 2.19. The summed E-state index contributed by atoms with van der Waals surface area (Å²) in [4.78, 5) is 23.3. The van der Waals surface area contributed by atoms with E-state index >= 15 is 0 Å². The van der Waals surface area contributed by atoms with Crippen LogP contribution in [-0.2, 0) is 6.42 Å². The number of H-pyrrole nitrogens is 1. The van der Waals surface area contributed by atoms with Crippen LogP contribution in [0.15, 0.2) is 23.3 Å². The lowest BCUT2D eigenvalue weighted by molar-refractivity contribution is 0.859. The molecular formula is C13H14IN3O. The molecule has 2 heterocycles. The van der Waals surface area contributed by atoms with E-state index in [9.17, 15) is 4.79 Å².